The number of rotatable bonds is 8. The van der Waals surface area contributed by atoms with Gasteiger partial charge < -0.3 is 27.0 Å². The highest BCUT2D eigenvalue weighted by Crippen LogP contribution is 2.30. The number of aromatic nitrogens is 4. The number of carbonyl (C=O) groups excluding carboxylic acids is 2. The van der Waals surface area contributed by atoms with Gasteiger partial charge in [0.15, 0.2) is 17.2 Å². The number of hydrogen-bond donors (Lipinski definition) is 5. The van der Waals surface area contributed by atoms with Crippen LogP contribution in [0.15, 0.2) is 30.7 Å². The first kappa shape index (κ1) is 23.0. The van der Waals surface area contributed by atoms with Crippen LogP contribution in [0.1, 0.15) is 49.0 Å². The van der Waals surface area contributed by atoms with Crippen LogP contribution in [0.4, 0.5) is 21.6 Å². The number of halogens is 1. The second-order valence-corrected chi connectivity index (χ2v) is 9.01. The molecule has 3 heterocycles. The fourth-order valence-electron chi connectivity index (χ4n) is 4.29. The van der Waals surface area contributed by atoms with E-state index in [0.717, 1.165) is 50.4 Å². The van der Waals surface area contributed by atoms with Gasteiger partial charge in [-0.1, -0.05) is 0 Å². The van der Waals surface area contributed by atoms with Crippen LogP contribution in [0, 0.1) is 5.82 Å². The summed E-state index contributed by atoms with van der Waals surface area (Å²) in [5.41, 5.74) is 6.92. The molecule has 0 bridgehead atoms. The van der Waals surface area contributed by atoms with E-state index in [1.54, 1.807) is 0 Å². The van der Waals surface area contributed by atoms with E-state index in [0.29, 0.717) is 17.5 Å². The van der Waals surface area contributed by atoms with Crippen LogP contribution >= 0.6 is 0 Å². The SMILES string of the molecule is NCC(=O)N[C@H]1CC[C@H](Nc2cc(NC3CC3)c3ncc(C(=O)Nc4ccncc4F)n3n2)CC1. The Balaban J connectivity index is 1.36. The first-order valence-corrected chi connectivity index (χ1v) is 11.8. The van der Waals surface area contributed by atoms with Gasteiger partial charge in [-0.25, -0.2) is 13.9 Å². The molecule has 35 heavy (non-hydrogen) atoms. The molecule has 0 atom stereocenters. The number of nitrogens with two attached hydrogens (primary N) is 1. The molecule has 3 aromatic heterocycles. The highest BCUT2D eigenvalue weighted by Gasteiger charge is 2.26. The minimum atomic E-state index is -0.626. The lowest BCUT2D eigenvalue weighted by atomic mass is 9.91. The molecular weight excluding hydrogens is 453 g/mol. The third-order valence-electron chi connectivity index (χ3n) is 6.29. The van der Waals surface area contributed by atoms with Gasteiger partial charge in [-0.3, -0.25) is 14.6 Å². The summed E-state index contributed by atoms with van der Waals surface area (Å²) in [5, 5.41) is 17.1. The molecule has 0 spiro atoms. The fourth-order valence-corrected chi connectivity index (χ4v) is 4.29. The summed E-state index contributed by atoms with van der Waals surface area (Å²) in [6.45, 7) is -0.00645. The van der Waals surface area contributed by atoms with Gasteiger partial charge in [-0.2, -0.15) is 0 Å². The quantitative estimate of drug-likeness (QED) is 0.327. The summed E-state index contributed by atoms with van der Waals surface area (Å²) in [6, 6.07) is 3.97. The summed E-state index contributed by atoms with van der Waals surface area (Å²) in [5.74, 6) is -0.681. The summed E-state index contributed by atoms with van der Waals surface area (Å²) in [6.07, 6.45) is 9.43. The van der Waals surface area contributed by atoms with Crippen molar-refractivity contribution in [1.29, 1.82) is 0 Å². The van der Waals surface area contributed by atoms with E-state index in [4.69, 9.17) is 5.73 Å². The van der Waals surface area contributed by atoms with Gasteiger partial charge in [0.1, 0.15) is 5.82 Å². The third-order valence-corrected chi connectivity index (χ3v) is 6.29. The Morgan fingerprint density at radius 2 is 1.74 bits per heavy atom. The molecular formula is C23H28FN9O2. The molecule has 2 aliphatic rings. The number of amides is 2. The van der Waals surface area contributed by atoms with Crippen LogP contribution in [0.2, 0.25) is 0 Å². The van der Waals surface area contributed by atoms with Gasteiger partial charge in [0.05, 0.1) is 30.3 Å². The van der Waals surface area contributed by atoms with Crippen LogP contribution in [-0.4, -0.2) is 56.1 Å². The van der Waals surface area contributed by atoms with E-state index in [2.05, 4.69) is 36.3 Å². The molecule has 2 aliphatic carbocycles. The smallest absolute Gasteiger partial charge is 0.276 e. The maximum atomic E-state index is 14.0. The monoisotopic (exact) mass is 481 g/mol. The summed E-state index contributed by atoms with van der Waals surface area (Å²) >= 11 is 0. The molecule has 12 heteroatoms. The average Bonchev–Trinajstić information content (AvgIpc) is 3.57. The lowest BCUT2D eigenvalue weighted by Crippen LogP contribution is -2.42. The van der Waals surface area contributed by atoms with Crippen molar-refractivity contribution in [3.8, 4) is 0 Å². The molecule has 0 aromatic carbocycles. The lowest BCUT2D eigenvalue weighted by Gasteiger charge is -2.30. The number of nitrogens with one attached hydrogen (secondary N) is 4. The first-order valence-electron chi connectivity index (χ1n) is 11.8. The Labute approximate surface area is 201 Å². The van der Waals surface area contributed by atoms with Crippen LogP contribution in [0.5, 0.6) is 0 Å². The van der Waals surface area contributed by atoms with Crippen molar-refractivity contribution in [3.63, 3.8) is 0 Å². The maximum absolute atomic E-state index is 14.0. The third kappa shape index (κ3) is 5.32. The largest absolute Gasteiger partial charge is 0.379 e. The number of anilines is 3. The number of fused-ring (bicyclic) bond motifs is 1. The summed E-state index contributed by atoms with van der Waals surface area (Å²) in [7, 11) is 0. The highest BCUT2D eigenvalue weighted by molar-refractivity contribution is 6.03. The van der Waals surface area contributed by atoms with Crippen LogP contribution < -0.4 is 27.0 Å². The number of pyridine rings is 1. The van der Waals surface area contributed by atoms with E-state index in [-0.39, 0.29) is 35.9 Å². The highest BCUT2D eigenvalue weighted by atomic mass is 19.1. The Morgan fingerprint density at radius 3 is 2.46 bits per heavy atom. The predicted molar refractivity (Wildman–Crippen MR) is 129 cm³/mol. The van der Waals surface area contributed by atoms with Crippen LogP contribution in [-0.2, 0) is 4.79 Å². The van der Waals surface area contributed by atoms with Crippen LogP contribution in [0.25, 0.3) is 5.65 Å². The molecule has 0 unspecified atom stereocenters. The van der Waals surface area contributed by atoms with E-state index in [1.165, 1.54) is 23.0 Å². The van der Waals surface area contributed by atoms with E-state index in [1.807, 2.05) is 6.07 Å². The first-order chi connectivity index (χ1) is 17.0. The maximum Gasteiger partial charge on any atom is 0.276 e. The van der Waals surface area contributed by atoms with Crippen LogP contribution in [0.3, 0.4) is 0 Å². The van der Waals surface area contributed by atoms with Crippen molar-refractivity contribution in [2.24, 2.45) is 5.73 Å². The van der Waals surface area contributed by atoms with Gasteiger partial charge in [-0.05, 0) is 44.6 Å². The van der Waals surface area contributed by atoms with Crippen molar-refractivity contribution in [3.05, 3.63) is 42.2 Å². The minimum absolute atomic E-state index is 0.00645. The van der Waals surface area contributed by atoms with Crippen molar-refractivity contribution in [1.82, 2.24) is 24.9 Å². The zero-order valence-corrected chi connectivity index (χ0v) is 19.1. The summed E-state index contributed by atoms with van der Waals surface area (Å²) in [4.78, 5) is 32.6. The lowest BCUT2D eigenvalue weighted by molar-refractivity contribution is -0.120. The molecule has 2 saturated carbocycles. The van der Waals surface area contributed by atoms with Crippen molar-refractivity contribution in [2.75, 3.05) is 22.5 Å². The number of hydrogen-bond acceptors (Lipinski definition) is 8. The zero-order valence-electron chi connectivity index (χ0n) is 19.1. The second-order valence-electron chi connectivity index (χ2n) is 9.01. The molecule has 11 nitrogen and oxygen atoms in total. The number of imidazole rings is 1. The topological polar surface area (TPSA) is 151 Å². The van der Waals surface area contributed by atoms with E-state index in [9.17, 15) is 14.0 Å². The van der Waals surface area contributed by atoms with Crippen molar-refractivity contribution in [2.45, 2.75) is 56.7 Å². The molecule has 0 radical (unpaired) electrons. The van der Waals surface area contributed by atoms with Crippen molar-refractivity contribution >= 4 is 34.7 Å². The molecule has 2 amide bonds. The van der Waals surface area contributed by atoms with Gasteiger partial charge in [0, 0.05) is 30.4 Å². The van der Waals surface area contributed by atoms with Gasteiger partial charge in [0.25, 0.3) is 5.91 Å². The molecule has 0 saturated heterocycles. The molecule has 5 rings (SSSR count). The molecule has 2 fully saturated rings. The van der Waals surface area contributed by atoms with E-state index < -0.39 is 11.7 Å². The molecule has 6 N–H and O–H groups in total. The van der Waals surface area contributed by atoms with Gasteiger partial charge >= 0.3 is 0 Å². The standard InChI is InChI=1S/C23H28FN9O2/c24-16-11-26-8-7-17(16)31-23(35)19-12-27-22-18(28-13-1-2-13)9-20(32-33(19)22)29-14-3-5-15(6-4-14)30-21(34)10-25/h7-9,11-15,28H,1-6,10,25H2,(H,29,32)(H,30,34)(H,26,31,35)/t14-,15-. The molecule has 184 valence electrons. The fraction of sp³-hybridized carbons (Fsp3) is 0.435. The van der Waals surface area contributed by atoms with E-state index >= 15 is 0 Å². The second kappa shape index (κ2) is 9.82. The Kier molecular flexibility index (Phi) is 6.45. The Hall–Kier alpha value is -3.80. The number of nitrogens with zero attached hydrogens (tertiary/aromatic N) is 4. The summed E-state index contributed by atoms with van der Waals surface area (Å²) < 4.78 is 15.5. The number of carbonyl (C=O) groups is 2. The van der Waals surface area contributed by atoms with Gasteiger partial charge in [0.2, 0.25) is 5.91 Å². The molecule has 0 aliphatic heterocycles. The Morgan fingerprint density at radius 1 is 1.03 bits per heavy atom. The minimum Gasteiger partial charge on any atom is -0.379 e. The normalized spacial score (nSPS) is 19.8. The predicted octanol–water partition coefficient (Wildman–Crippen LogP) is 1.89. The average molecular weight is 482 g/mol. The molecule has 3 aromatic rings. The van der Waals surface area contributed by atoms with Gasteiger partial charge in [-0.15, -0.1) is 5.10 Å². The van der Waals surface area contributed by atoms with Crippen molar-refractivity contribution < 1.29 is 14.0 Å². The Bertz CT molecular complexity index is 1230. The zero-order chi connectivity index (χ0) is 24.4.